The highest BCUT2D eigenvalue weighted by Crippen LogP contribution is 2.43. The Morgan fingerprint density at radius 3 is 2.08 bits per heavy atom. The average Bonchev–Trinajstić information content (AvgIpc) is 3.37. The van der Waals surface area contributed by atoms with Crippen LogP contribution < -0.4 is 5.73 Å². The molecule has 2 N–H and O–H groups in total. The van der Waals surface area contributed by atoms with Crippen LogP contribution in [0.3, 0.4) is 0 Å². The summed E-state index contributed by atoms with van der Waals surface area (Å²) in [5, 5.41) is 0. The maximum absolute atomic E-state index is 13.3. The smallest absolute Gasteiger partial charge is 0.225 e. The lowest BCUT2D eigenvalue weighted by molar-refractivity contribution is -0.140. The van der Waals surface area contributed by atoms with Crippen LogP contribution in [0, 0.1) is 23.7 Å². The van der Waals surface area contributed by atoms with E-state index in [0.717, 1.165) is 25.3 Å². The molecule has 0 aromatic heterocycles. The molecular weight excluding hydrogens is 320 g/mol. The van der Waals surface area contributed by atoms with E-state index in [-0.39, 0.29) is 18.3 Å². The van der Waals surface area contributed by atoms with Crippen molar-refractivity contribution in [2.75, 3.05) is 6.54 Å². The molecule has 0 heterocycles. The van der Waals surface area contributed by atoms with E-state index in [2.05, 4.69) is 4.90 Å². The van der Waals surface area contributed by atoms with Crippen LogP contribution in [0.2, 0.25) is 0 Å². The van der Waals surface area contributed by atoms with Gasteiger partial charge in [0.1, 0.15) is 0 Å². The van der Waals surface area contributed by atoms with Gasteiger partial charge in [0.25, 0.3) is 0 Å². The highest BCUT2D eigenvalue weighted by molar-refractivity contribution is 5.85. The summed E-state index contributed by atoms with van der Waals surface area (Å²) < 4.78 is 0. The number of rotatable bonds is 4. The summed E-state index contributed by atoms with van der Waals surface area (Å²) in [6.45, 7) is 1.06. The summed E-state index contributed by atoms with van der Waals surface area (Å²) in [6, 6.07) is 0.959. The van der Waals surface area contributed by atoms with Crippen LogP contribution in [-0.4, -0.2) is 29.4 Å². The molecule has 1 amide bonds. The SMILES string of the molecule is Cl.NC1C2CCCC1CC(C(=O)N(CC1CCCCC1)C1CC1)C2. The van der Waals surface area contributed by atoms with Gasteiger partial charge in [0, 0.05) is 24.5 Å². The number of nitrogens with zero attached hydrogens (tertiary/aromatic N) is 1. The molecule has 3 nitrogen and oxygen atoms in total. The second-order valence-corrected chi connectivity index (χ2v) is 8.92. The van der Waals surface area contributed by atoms with Gasteiger partial charge >= 0.3 is 0 Å². The Bertz CT molecular complexity index is 419. The van der Waals surface area contributed by atoms with Gasteiger partial charge in [-0.25, -0.2) is 0 Å². The first kappa shape index (κ1) is 18.5. The number of hydrogen-bond donors (Lipinski definition) is 1. The molecule has 0 saturated heterocycles. The first-order valence-corrected chi connectivity index (χ1v) is 10.3. The molecule has 4 heteroatoms. The van der Waals surface area contributed by atoms with E-state index in [9.17, 15) is 4.79 Å². The molecular formula is C20H35ClN2O. The van der Waals surface area contributed by atoms with E-state index in [1.165, 1.54) is 64.2 Å². The molecule has 0 aliphatic heterocycles. The lowest BCUT2D eigenvalue weighted by atomic mass is 9.65. The topological polar surface area (TPSA) is 46.3 Å². The van der Waals surface area contributed by atoms with E-state index in [0.29, 0.717) is 29.8 Å². The summed E-state index contributed by atoms with van der Waals surface area (Å²) in [5.74, 6) is 2.80. The van der Waals surface area contributed by atoms with Crippen LogP contribution in [0.4, 0.5) is 0 Å². The van der Waals surface area contributed by atoms with Crippen LogP contribution in [0.5, 0.6) is 0 Å². The number of amides is 1. The van der Waals surface area contributed by atoms with Crippen molar-refractivity contribution in [1.29, 1.82) is 0 Å². The van der Waals surface area contributed by atoms with Crippen LogP contribution in [0.1, 0.15) is 77.0 Å². The van der Waals surface area contributed by atoms with Gasteiger partial charge in [-0.05, 0) is 69.1 Å². The predicted octanol–water partition coefficient (Wildman–Crippen LogP) is 4.13. The van der Waals surface area contributed by atoms with E-state index in [1.807, 2.05) is 0 Å². The van der Waals surface area contributed by atoms with Crippen molar-refractivity contribution >= 4 is 18.3 Å². The molecule has 0 aromatic rings. The van der Waals surface area contributed by atoms with Crippen molar-refractivity contribution in [1.82, 2.24) is 4.90 Å². The summed E-state index contributed by atoms with van der Waals surface area (Å²) in [5.41, 5.74) is 6.42. The molecule has 4 aliphatic rings. The molecule has 2 atom stereocenters. The molecule has 138 valence electrons. The summed E-state index contributed by atoms with van der Waals surface area (Å²) in [7, 11) is 0. The zero-order chi connectivity index (χ0) is 15.8. The Morgan fingerprint density at radius 2 is 1.50 bits per heavy atom. The van der Waals surface area contributed by atoms with Crippen molar-refractivity contribution in [2.45, 2.75) is 89.1 Å². The molecule has 2 unspecified atom stereocenters. The van der Waals surface area contributed by atoms with Crippen LogP contribution in [-0.2, 0) is 4.79 Å². The predicted molar refractivity (Wildman–Crippen MR) is 100 cm³/mol. The second kappa shape index (κ2) is 7.95. The Morgan fingerprint density at radius 1 is 0.875 bits per heavy atom. The zero-order valence-electron chi connectivity index (χ0n) is 15.0. The van der Waals surface area contributed by atoms with Gasteiger partial charge in [-0.15, -0.1) is 12.4 Å². The largest absolute Gasteiger partial charge is 0.339 e. The van der Waals surface area contributed by atoms with E-state index < -0.39 is 0 Å². The molecule has 4 aliphatic carbocycles. The van der Waals surface area contributed by atoms with Crippen molar-refractivity contribution in [3.63, 3.8) is 0 Å². The van der Waals surface area contributed by atoms with Crippen molar-refractivity contribution in [3.05, 3.63) is 0 Å². The van der Waals surface area contributed by atoms with Gasteiger partial charge in [-0.2, -0.15) is 0 Å². The molecule has 0 spiro atoms. The number of fused-ring (bicyclic) bond motifs is 2. The van der Waals surface area contributed by atoms with Crippen LogP contribution in [0.15, 0.2) is 0 Å². The zero-order valence-corrected chi connectivity index (χ0v) is 15.8. The standard InChI is InChI=1S/C20H34N2O.ClH/c21-19-15-7-4-8-16(19)12-17(11-15)20(23)22(18-9-10-18)13-14-5-2-1-3-6-14;/h14-19H,1-13,21H2;1H. The minimum Gasteiger partial charge on any atom is -0.339 e. The highest BCUT2D eigenvalue weighted by Gasteiger charge is 2.44. The van der Waals surface area contributed by atoms with Gasteiger partial charge < -0.3 is 10.6 Å². The van der Waals surface area contributed by atoms with Gasteiger partial charge in [0.15, 0.2) is 0 Å². The number of carbonyl (C=O) groups is 1. The Kier molecular flexibility index (Phi) is 6.13. The minimum atomic E-state index is 0. The van der Waals surface area contributed by atoms with E-state index >= 15 is 0 Å². The molecule has 0 aromatic carbocycles. The quantitative estimate of drug-likeness (QED) is 0.824. The van der Waals surface area contributed by atoms with Gasteiger partial charge in [0.05, 0.1) is 0 Å². The minimum absolute atomic E-state index is 0. The maximum Gasteiger partial charge on any atom is 0.225 e. The molecule has 0 radical (unpaired) electrons. The summed E-state index contributed by atoms with van der Waals surface area (Å²) in [4.78, 5) is 15.6. The normalized spacial score (nSPS) is 36.7. The average molecular weight is 355 g/mol. The monoisotopic (exact) mass is 354 g/mol. The van der Waals surface area contributed by atoms with Crippen molar-refractivity contribution < 1.29 is 4.79 Å². The number of nitrogens with two attached hydrogens (primary N) is 1. The Hall–Kier alpha value is -0.280. The van der Waals surface area contributed by atoms with Crippen LogP contribution in [0.25, 0.3) is 0 Å². The first-order chi connectivity index (χ1) is 11.2. The van der Waals surface area contributed by atoms with Crippen LogP contribution >= 0.6 is 12.4 Å². The lowest BCUT2D eigenvalue weighted by Crippen LogP contribution is -2.50. The van der Waals surface area contributed by atoms with E-state index in [1.54, 1.807) is 0 Å². The third kappa shape index (κ3) is 3.93. The third-order valence-electron chi connectivity index (χ3n) is 7.21. The van der Waals surface area contributed by atoms with Gasteiger partial charge in [-0.1, -0.05) is 25.7 Å². The van der Waals surface area contributed by atoms with Crippen molar-refractivity contribution in [2.24, 2.45) is 29.4 Å². The molecule has 2 bridgehead atoms. The molecule has 4 rings (SSSR count). The number of carbonyl (C=O) groups excluding carboxylic acids is 1. The van der Waals surface area contributed by atoms with Gasteiger partial charge in [0.2, 0.25) is 5.91 Å². The van der Waals surface area contributed by atoms with E-state index in [4.69, 9.17) is 5.73 Å². The fourth-order valence-electron chi connectivity index (χ4n) is 5.68. The summed E-state index contributed by atoms with van der Waals surface area (Å²) in [6.07, 6.45) is 15.3. The fraction of sp³-hybridized carbons (Fsp3) is 0.950. The Labute approximate surface area is 153 Å². The third-order valence-corrected chi connectivity index (χ3v) is 7.21. The maximum atomic E-state index is 13.3. The highest BCUT2D eigenvalue weighted by atomic mass is 35.5. The fourth-order valence-corrected chi connectivity index (χ4v) is 5.68. The number of hydrogen-bond acceptors (Lipinski definition) is 2. The molecule has 4 saturated carbocycles. The first-order valence-electron chi connectivity index (χ1n) is 10.3. The lowest BCUT2D eigenvalue weighted by Gasteiger charge is -2.45. The molecule has 24 heavy (non-hydrogen) atoms. The second-order valence-electron chi connectivity index (χ2n) is 8.92. The number of halogens is 1. The van der Waals surface area contributed by atoms with Gasteiger partial charge in [-0.3, -0.25) is 4.79 Å². The van der Waals surface area contributed by atoms with Crippen molar-refractivity contribution in [3.8, 4) is 0 Å². The molecule has 4 fully saturated rings. The summed E-state index contributed by atoms with van der Waals surface area (Å²) >= 11 is 0. The Balaban J connectivity index is 0.00000169.